The van der Waals surface area contributed by atoms with Crippen LogP contribution in [0.3, 0.4) is 0 Å². The van der Waals surface area contributed by atoms with Gasteiger partial charge in [-0.05, 0) is 39.7 Å². The molecule has 1 N–H and O–H groups in total. The lowest BCUT2D eigenvalue weighted by Gasteiger charge is -2.44. The van der Waals surface area contributed by atoms with E-state index in [1.807, 2.05) is 6.92 Å². The molecule has 2 atom stereocenters. The molecule has 1 saturated heterocycles. The maximum Gasteiger partial charge on any atom is 0.323 e. The van der Waals surface area contributed by atoms with E-state index in [-0.39, 0.29) is 0 Å². The summed E-state index contributed by atoms with van der Waals surface area (Å²) < 4.78 is 0. The zero-order valence-electron chi connectivity index (χ0n) is 10.1. The molecule has 0 saturated carbocycles. The topological polar surface area (TPSA) is 40.5 Å². The van der Waals surface area contributed by atoms with Crippen molar-refractivity contribution >= 4 is 5.97 Å². The highest BCUT2D eigenvalue weighted by atomic mass is 16.4. The average Bonchev–Trinajstić information content (AvgIpc) is 2.18. The minimum absolute atomic E-state index is 0.409. The molecule has 1 fully saturated rings. The van der Waals surface area contributed by atoms with Gasteiger partial charge in [-0.1, -0.05) is 19.8 Å². The van der Waals surface area contributed by atoms with Crippen molar-refractivity contribution in [2.45, 2.75) is 64.5 Å². The van der Waals surface area contributed by atoms with Crippen molar-refractivity contribution in [1.29, 1.82) is 0 Å². The molecule has 3 heteroatoms. The smallest absolute Gasteiger partial charge is 0.323 e. The number of aliphatic carboxylic acids is 1. The number of hydrogen-bond donors (Lipinski definition) is 1. The van der Waals surface area contributed by atoms with E-state index in [1.54, 1.807) is 0 Å². The van der Waals surface area contributed by atoms with Crippen molar-refractivity contribution in [2.75, 3.05) is 6.54 Å². The Morgan fingerprint density at radius 1 is 1.53 bits per heavy atom. The third-order valence-electron chi connectivity index (χ3n) is 3.63. The van der Waals surface area contributed by atoms with Gasteiger partial charge in [0.1, 0.15) is 5.54 Å². The van der Waals surface area contributed by atoms with Gasteiger partial charge in [-0.15, -0.1) is 0 Å². The lowest BCUT2D eigenvalue weighted by molar-refractivity contribution is -0.153. The molecule has 0 aromatic rings. The molecule has 0 bridgehead atoms. The molecule has 15 heavy (non-hydrogen) atoms. The van der Waals surface area contributed by atoms with Crippen LogP contribution in [-0.4, -0.2) is 34.1 Å². The van der Waals surface area contributed by atoms with Crippen LogP contribution in [0.4, 0.5) is 0 Å². The molecule has 3 nitrogen and oxygen atoms in total. The summed E-state index contributed by atoms with van der Waals surface area (Å²) in [6.07, 6.45) is 5.17. The average molecular weight is 213 g/mol. The largest absolute Gasteiger partial charge is 0.480 e. The van der Waals surface area contributed by atoms with Gasteiger partial charge in [0, 0.05) is 6.04 Å². The van der Waals surface area contributed by atoms with E-state index in [4.69, 9.17) is 0 Å². The highest BCUT2D eigenvalue weighted by molar-refractivity contribution is 5.78. The van der Waals surface area contributed by atoms with E-state index in [0.717, 1.165) is 32.2 Å². The van der Waals surface area contributed by atoms with Gasteiger partial charge in [0.05, 0.1) is 0 Å². The van der Waals surface area contributed by atoms with Crippen LogP contribution in [0.2, 0.25) is 0 Å². The normalized spacial score (nSPS) is 27.3. The van der Waals surface area contributed by atoms with Crippen LogP contribution in [0.15, 0.2) is 0 Å². The molecule has 0 aromatic carbocycles. The van der Waals surface area contributed by atoms with Crippen LogP contribution in [0.1, 0.15) is 52.9 Å². The molecule has 2 unspecified atom stereocenters. The van der Waals surface area contributed by atoms with Crippen LogP contribution in [0.25, 0.3) is 0 Å². The first-order valence-corrected chi connectivity index (χ1v) is 6.02. The Bertz CT molecular complexity index is 230. The molecule has 0 radical (unpaired) electrons. The number of rotatable bonds is 4. The fourth-order valence-electron chi connectivity index (χ4n) is 2.69. The van der Waals surface area contributed by atoms with E-state index in [2.05, 4.69) is 18.7 Å². The van der Waals surface area contributed by atoms with E-state index in [0.29, 0.717) is 6.04 Å². The first kappa shape index (κ1) is 12.5. The van der Waals surface area contributed by atoms with E-state index in [1.165, 1.54) is 6.42 Å². The van der Waals surface area contributed by atoms with Gasteiger partial charge in [-0.2, -0.15) is 0 Å². The number of hydrogen-bond acceptors (Lipinski definition) is 2. The van der Waals surface area contributed by atoms with Gasteiger partial charge in [0.2, 0.25) is 0 Å². The predicted octanol–water partition coefficient (Wildman–Crippen LogP) is 2.50. The summed E-state index contributed by atoms with van der Waals surface area (Å²) in [6.45, 7) is 7.01. The maximum absolute atomic E-state index is 11.4. The maximum atomic E-state index is 11.4. The SMILES string of the molecule is CCCC(C)(C(=O)O)N1CCCCC1C. The fraction of sp³-hybridized carbons (Fsp3) is 0.917. The first-order chi connectivity index (χ1) is 7.02. The standard InChI is InChI=1S/C12H23NO2/c1-4-8-12(3,11(14)15)13-9-6-5-7-10(13)2/h10H,4-9H2,1-3H3,(H,14,15). The number of carboxylic acids is 1. The molecular weight excluding hydrogens is 190 g/mol. The molecule has 1 aliphatic rings. The summed E-state index contributed by atoms with van der Waals surface area (Å²) in [5.74, 6) is -0.668. The number of piperidine rings is 1. The Hall–Kier alpha value is -0.570. The number of carboxylic acid groups (broad SMARTS) is 1. The van der Waals surface area contributed by atoms with Gasteiger partial charge in [-0.25, -0.2) is 0 Å². The van der Waals surface area contributed by atoms with E-state index in [9.17, 15) is 9.90 Å². The predicted molar refractivity (Wildman–Crippen MR) is 61.0 cm³/mol. The molecule has 0 aromatic heterocycles. The minimum atomic E-state index is -0.668. The first-order valence-electron chi connectivity index (χ1n) is 6.02. The molecule has 1 rings (SSSR count). The quantitative estimate of drug-likeness (QED) is 0.780. The van der Waals surface area contributed by atoms with Crippen molar-refractivity contribution in [3.63, 3.8) is 0 Å². The summed E-state index contributed by atoms with van der Waals surface area (Å²) in [6, 6.07) is 0.409. The number of nitrogens with zero attached hydrogens (tertiary/aromatic N) is 1. The summed E-state index contributed by atoms with van der Waals surface area (Å²) in [5.41, 5.74) is -0.658. The van der Waals surface area contributed by atoms with Crippen LogP contribution < -0.4 is 0 Å². The van der Waals surface area contributed by atoms with E-state index >= 15 is 0 Å². The fourth-order valence-corrected chi connectivity index (χ4v) is 2.69. The molecule has 1 aliphatic heterocycles. The lowest BCUT2D eigenvalue weighted by Crippen LogP contribution is -2.57. The van der Waals surface area contributed by atoms with E-state index < -0.39 is 11.5 Å². The monoisotopic (exact) mass is 213 g/mol. The van der Waals surface area contributed by atoms with Gasteiger partial charge < -0.3 is 5.11 Å². The van der Waals surface area contributed by atoms with Crippen molar-refractivity contribution in [3.05, 3.63) is 0 Å². The lowest BCUT2D eigenvalue weighted by atomic mass is 9.89. The van der Waals surface area contributed by atoms with Crippen LogP contribution >= 0.6 is 0 Å². The second-order valence-corrected chi connectivity index (χ2v) is 4.87. The third-order valence-corrected chi connectivity index (χ3v) is 3.63. The number of likely N-dealkylation sites (tertiary alicyclic amines) is 1. The Labute approximate surface area is 92.5 Å². The molecule has 0 spiro atoms. The summed E-state index contributed by atoms with van der Waals surface area (Å²) in [4.78, 5) is 13.6. The molecule has 0 amide bonds. The van der Waals surface area contributed by atoms with Gasteiger partial charge in [0.15, 0.2) is 0 Å². The van der Waals surface area contributed by atoms with Crippen LogP contribution in [-0.2, 0) is 4.79 Å². The second kappa shape index (κ2) is 4.97. The van der Waals surface area contributed by atoms with Gasteiger partial charge >= 0.3 is 5.97 Å². The highest BCUT2D eigenvalue weighted by Crippen LogP contribution is 2.29. The zero-order chi connectivity index (χ0) is 11.5. The van der Waals surface area contributed by atoms with Crippen molar-refractivity contribution in [2.24, 2.45) is 0 Å². The Balaban J connectivity index is 2.82. The van der Waals surface area contributed by atoms with Crippen molar-refractivity contribution in [1.82, 2.24) is 4.90 Å². The second-order valence-electron chi connectivity index (χ2n) is 4.87. The Morgan fingerprint density at radius 3 is 2.67 bits per heavy atom. The summed E-state index contributed by atoms with van der Waals surface area (Å²) in [7, 11) is 0. The Kier molecular flexibility index (Phi) is 4.14. The number of carbonyl (C=O) groups is 1. The summed E-state index contributed by atoms with van der Waals surface area (Å²) in [5, 5.41) is 9.39. The third kappa shape index (κ3) is 2.51. The molecule has 88 valence electrons. The van der Waals surface area contributed by atoms with Crippen molar-refractivity contribution in [3.8, 4) is 0 Å². The molecule has 1 heterocycles. The summed E-state index contributed by atoms with van der Waals surface area (Å²) >= 11 is 0. The van der Waals surface area contributed by atoms with Gasteiger partial charge in [-0.3, -0.25) is 9.69 Å². The van der Waals surface area contributed by atoms with Crippen LogP contribution in [0, 0.1) is 0 Å². The molecular formula is C12H23NO2. The molecule has 0 aliphatic carbocycles. The minimum Gasteiger partial charge on any atom is -0.480 e. The Morgan fingerprint density at radius 2 is 2.20 bits per heavy atom. The van der Waals surface area contributed by atoms with Crippen molar-refractivity contribution < 1.29 is 9.90 Å². The van der Waals surface area contributed by atoms with Crippen LogP contribution in [0.5, 0.6) is 0 Å². The highest BCUT2D eigenvalue weighted by Gasteiger charge is 2.41. The zero-order valence-corrected chi connectivity index (χ0v) is 10.1. The van der Waals surface area contributed by atoms with Gasteiger partial charge in [0.25, 0.3) is 0 Å².